The van der Waals surface area contributed by atoms with Gasteiger partial charge in [-0.3, -0.25) is 0 Å². The summed E-state index contributed by atoms with van der Waals surface area (Å²) in [5, 5.41) is 3.24. The molecule has 2 aromatic carbocycles. The molecular weight excluding hydrogens is 330 g/mol. The van der Waals surface area contributed by atoms with E-state index in [4.69, 9.17) is 9.47 Å². The van der Waals surface area contributed by atoms with Crippen LogP contribution in [0, 0.1) is 0 Å². The molecule has 4 heteroatoms. The van der Waals surface area contributed by atoms with E-state index in [1.54, 1.807) is 0 Å². The van der Waals surface area contributed by atoms with Crippen LogP contribution in [-0.4, -0.2) is 13.7 Å². The Kier molecular flexibility index (Phi) is 5.65. The topological polar surface area (TPSA) is 30.5 Å². The van der Waals surface area contributed by atoms with Gasteiger partial charge in [0.25, 0.3) is 0 Å². The number of benzene rings is 2. The van der Waals surface area contributed by atoms with Crippen LogP contribution in [0.3, 0.4) is 0 Å². The van der Waals surface area contributed by atoms with E-state index in [1.807, 2.05) is 50.4 Å². The van der Waals surface area contributed by atoms with Gasteiger partial charge in [0.15, 0.2) is 0 Å². The molecule has 0 aliphatic carbocycles. The minimum atomic E-state index is 0.209. The van der Waals surface area contributed by atoms with Crippen molar-refractivity contribution < 1.29 is 9.47 Å². The van der Waals surface area contributed by atoms with Crippen molar-refractivity contribution in [1.29, 1.82) is 0 Å². The fourth-order valence-electron chi connectivity index (χ4n) is 2.00. The minimum Gasteiger partial charge on any atom is -0.494 e. The number of ether oxygens (including phenoxy) is 2. The maximum atomic E-state index is 6.00. The predicted octanol–water partition coefficient (Wildman–Crippen LogP) is 4.92. The van der Waals surface area contributed by atoms with Gasteiger partial charge in [0.05, 0.1) is 6.61 Å². The maximum absolute atomic E-state index is 6.00. The monoisotopic (exact) mass is 349 g/mol. The average molecular weight is 350 g/mol. The Labute approximate surface area is 134 Å². The standard InChI is InChI=1S/C17H20BrNO2/c1-4-20-14-6-8-15(9-7-14)21-17-10-5-13(18)11-16(17)12(2)19-3/h5-12,19H,4H2,1-3H3. The van der Waals surface area contributed by atoms with E-state index in [0.717, 1.165) is 27.3 Å². The van der Waals surface area contributed by atoms with Gasteiger partial charge < -0.3 is 14.8 Å². The zero-order chi connectivity index (χ0) is 15.2. The van der Waals surface area contributed by atoms with Crippen LogP contribution < -0.4 is 14.8 Å². The first-order valence-corrected chi connectivity index (χ1v) is 7.80. The lowest BCUT2D eigenvalue weighted by Gasteiger charge is -2.17. The number of hydrogen-bond acceptors (Lipinski definition) is 3. The van der Waals surface area contributed by atoms with E-state index >= 15 is 0 Å². The van der Waals surface area contributed by atoms with Crippen LogP contribution in [0.4, 0.5) is 0 Å². The number of hydrogen-bond donors (Lipinski definition) is 1. The fourth-order valence-corrected chi connectivity index (χ4v) is 2.38. The van der Waals surface area contributed by atoms with Crippen molar-refractivity contribution in [2.75, 3.05) is 13.7 Å². The molecule has 1 unspecified atom stereocenters. The zero-order valence-electron chi connectivity index (χ0n) is 12.5. The Bertz CT molecular complexity index is 584. The third kappa shape index (κ3) is 4.22. The van der Waals surface area contributed by atoms with Gasteiger partial charge in [-0.15, -0.1) is 0 Å². The Morgan fingerprint density at radius 3 is 2.38 bits per heavy atom. The smallest absolute Gasteiger partial charge is 0.132 e. The molecule has 21 heavy (non-hydrogen) atoms. The second kappa shape index (κ2) is 7.48. The Hall–Kier alpha value is -1.52. The van der Waals surface area contributed by atoms with Crippen LogP contribution in [0.1, 0.15) is 25.5 Å². The van der Waals surface area contributed by atoms with Gasteiger partial charge in [0.1, 0.15) is 17.2 Å². The van der Waals surface area contributed by atoms with Crippen molar-refractivity contribution in [3.05, 3.63) is 52.5 Å². The molecule has 0 aliphatic heterocycles. The first-order valence-electron chi connectivity index (χ1n) is 7.01. The minimum absolute atomic E-state index is 0.209. The van der Waals surface area contributed by atoms with E-state index in [2.05, 4.69) is 34.2 Å². The first-order chi connectivity index (χ1) is 10.1. The van der Waals surface area contributed by atoms with E-state index < -0.39 is 0 Å². The number of halogens is 1. The van der Waals surface area contributed by atoms with Gasteiger partial charge in [0.2, 0.25) is 0 Å². The predicted molar refractivity (Wildman–Crippen MR) is 89.3 cm³/mol. The Morgan fingerprint density at radius 2 is 1.76 bits per heavy atom. The summed E-state index contributed by atoms with van der Waals surface area (Å²) in [5.74, 6) is 2.50. The van der Waals surface area contributed by atoms with Crippen LogP contribution in [0.15, 0.2) is 46.9 Å². The van der Waals surface area contributed by atoms with Crippen LogP contribution in [0.25, 0.3) is 0 Å². The van der Waals surface area contributed by atoms with E-state index in [0.29, 0.717) is 6.61 Å². The summed E-state index contributed by atoms with van der Waals surface area (Å²) in [7, 11) is 1.94. The van der Waals surface area contributed by atoms with E-state index in [9.17, 15) is 0 Å². The second-order valence-corrected chi connectivity index (χ2v) is 5.61. The zero-order valence-corrected chi connectivity index (χ0v) is 14.1. The molecule has 2 aromatic rings. The van der Waals surface area contributed by atoms with Gasteiger partial charge in [-0.05, 0) is 63.4 Å². The molecule has 2 rings (SSSR count). The molecule has 0 saturated carbocycles. The normalized spacial score (nSPS) is 12.0. The molecule has 0 aromatic heterocycles. The fraction of sp³-hybridized carbons (Fsp3) is 0.294. The third-order valence-electron chi connectivity index (χ3n) is 3.23. The lowest BCUT2D eigenvalue weighted by Crippen LogP contribution is -2.13. The Balaban J connectivity index is 2.22. The summed E-state index contributed by atoms with van der Waals surface area (Å²) >= 11 is 3.51. The molecule has 3 nitrogen and oxygen atoms in total. The number of nitrogens with one attached hydrogen (secondary N) is 1. The van der Waals surface area contributed by atoms with Crippen molar-refractivity contribution in [2.24, 2.45) is 0 Å². The van der Waals surface area contributed by atoms with Crippen molar-refractivity contribution in [2.45, 2.75) is 19.9 Å². The van der Waals surface area contributed by atoms with Crippen LogP contribution in [-0.2, 0) is 0 Å². The van der Waals surface area contributed by atoms with Gasteiger partial charge in [-0.1, -0.05) is 15.9 Å². The third-order valence-corrected chi connectivity index (χ3v) is 3.73. The maximum Gasteiger partial charge on any atom is 0.132 e. The molecule has 0 spiro atoms. The summed E-state index contributed by atoms with van der Waals surface area (Å²) in [6.07, 6.45) is 0. The number of rotatable bonds is 6. The quantitative estimate of drug-likeness (QED) is 0.802. The van der Waals surface area contributed by atoms with Gasteiger partial charge >= 0.3 is 0 Å². The SMILES string of the molecule is CCOc1ccc(Oc2ccc(Br)cc2C(C)NC)cc1. The molecule has 0 radical (unpaired) electrons. The highest BCUT2D eigenvalue weighted by Gasteiger charge is 2.11. The highest BCUT2D eigenvalue weighted by atomic mass is 79.9. The molecule has 0 fully saturated rings. The molecule has 0 aliphatic rings. The van der Waals surface area contributed by atoms with E-state index in [-0.39, 0.29) is 6.04 Å². The molecular formula is C17H20BrNO2. The largest absolute Gasteiger partial charge is 0.494 e. The summed E-state index contributed by atoms with van der Waals surface area (Å²) in [6, 6.07) is 13.9. The summed E-state index contributed by atoms with van der Waals surface area (Å²) in [6.45, 7) is 4.74. The van der Waals surface area contributed by atoms with Crippen molar-refractivity contribution in [3.8, 4) is 17.2 Å². The first kappa shape index (κ1) is 15.9. The molecule has 0 bridgehead atoms. The van der Waals surface area contributed by atoms with Crippen molar-refractivity contribution in [1.82, 2.24) is 5.32 Å². The van der Waals surface area contributed by atoms with E-state index in [1.165, 1.54) is 0 Å². The van der Waals surface area contributed by atoms with Crippen molar-refractivity contribution >= 4 is 15.9 Å². The van der Waals surface area contributed by atoms with Crippen LogP contribution >= 0.6 is 15.9 Å². The van der Waals surface area contributed by atoms with Gasteiger partial charge in [0, 0.05) is 16.1 Å². The lowest BCUT2D eigenvalue weighted by atomic mass is 10.1. The van der Waals surface area contributed by atoms with Crippen LogP contribution in [0.2, 0.25) is 0 Å². The second-order valence-electron chi connectivity index (χ2n) is 4.70. The molecule has 0 amide bonds. The highest BCUT2D eigenvalue weighted by Crippen LogP contribution is 2.32. The molecule has 0 heterocycles. The molecule has 1 atom stereocenters. The summed E-state index contributed by atoms with van der Waals surface area (Å²) in [5.41, 5.74) is 1.11. The molecule has 0 saturated heterocycles. The van der Waals surface area contributed by atoms with Crippen LogP contribution in [0.5, 0.6) is 17.2 Å². The Morgan fingerprint density at radius 1 is 1.10 bits per heavy atom. The van der Waals surface area contributed by atoms with Crippen molar-refractivity contribution in [3.63, 3.8) is 0 Å². The molecule has 112 valence electrons. The van der Waals surface area contributed by atoms with Gasteiger partial charge in [-0.25, -0.2) is 0 Å². The van der Waals surface area contributed by atoms with Gasteiger partial charge in [-0.2, -0.15) is 0 Å². The summed E-state index contributed by atoms with van der Waals surface area (Å²) < 4.78 is 12.5. The lowest BCUT2D eigenvalue weighted by molar-refractivity contribution is 0.339. The molecule has 1 N–H and O–H groups in total. The highest BCUT2D eigenvalue weighted by molar-refractivity contribution is 9.10. The average Bonchev–Trinajstić information content (AvgIpc) is 2.50. The summed E-state index contributed by atoms with van der Waals surface area (Å²) in [4.78, 5) is 0.